The molecule has 1 atom stereocenters. The van der Waals surface area contributed by atoms with Gasteiger partial charge in [0.15, 0.2) is 0 Å². The summed E-state index contributed by atoms with van der Waals surface area (Å²) in [6, 6.07) is 5.18. The van der Waals surface area contributed by atoms with Crippen LogP contribution in [-0.2, 0) is 14.3 Å². The van der Waals surface area contributed by atoms with Gasteiger partial charge in [-0.1, -0.05) is 32.9 Å². The number of carbonyl (C=O) groups excluding carboxylic acids is 4. The van der Waals surface area contributed by atoms with Crippen molar-refractivity contribution in [3.63, 3.8) is 0 Å². The van der Waals surface area contributed by atoms with Gasteiger partial charge >= 0.3 is 6.09 Å². The fourth-order valence-corrected chi connectivity index (χ4v) is 6.36. The van der Waals surface area contributed by atoms with Crippen molar-refractivity contribution in [3.8, 4) is 0 Å². The average Bonchev–Trinajstić information content (AvgIpc) is 3.22. The maximum absolute atomic E-state index is 13.3. The molecule has 0 bridgehead atoms. The van der Waals surface area contributed by atoms with Gasteiger partial charge in [-0.2, -0.15) is 0 Å². The molecule has 0 spiro atoms. The summed E-state index contributed by atoms with van der Waals surface area (Å²) in [4.78, 5) is 57.7. The van der Waals surface area contributed by atoms with Crippen LogP contribution in [-0.4, -0.2) is 96.0 Å². The van der Waals surface area contributed by atoms with E-state index in [9.17, 15) is 19.2 Å². The van der Waals surface area contributed by atoms with E-state index in [2.05, 4.69) is 35.5 Å². The molecule has 10 heteroatoms. The van der Waals surface area contributed by atoms with Crippen LogP contribution in [0.25, 0.3) is 5.70 Å². The standard InChI is InChI=1S/C31H43N5O5.C3H8/c1-21-24-8-7-23(20-25(24)29(39)36(21)26-9-10-27(37)32-28(26)38)34-18-16-33(17-19-34)13-5-6-22-11-14-35(15-12-22)30(40)41-31(2,3)4;1-3-2/h7-8,20,22,26H,1,5-6,9-19H2,2-4H3,(H,32,37,38);3H2,1-2H3. The molecule has 4 aliphatic heterocycles. The number of nitrogens with zero attached hydrogens (tertiary/aromatic N) is 4. The van der Waals surface area contributed by atoms with Gasteiger partial charge in [0.1, 0.15) is 11.6 Å². The van der Waals surface area contributed by atoms with E-state index in [1.54, 1.807) is 0 Å². The van der Waals surface area contributed by atoms with Crippen molar-refractivity contribution in [3.05, 3.63) is 35.9 Å². The molecule has 44 heavy (non-hydrogen) atoms. The number of piperazine rings is 1. The first-order valence-electron chi connectivity index (χ1n) is 16.4. The molecule has 0 aliphatic carbocycles. The number of hydrogen-bond donors (Lipinski definition) is 1. The van der Waals surface area contributed by atoms with Gasteiger partial charge in [0, 0.05) is 62.6 Å². The SMILES string of the molecule is C=C1c2ccc(N3CCN(CCCC4CCN(C(=O)OC(C)(C)C)CC4)CC3)cc2C(=O)N1C1CCC(=O)NC1=O.CCC. The molecular weight excluding hydrogens is 558 g/mol. The summed E-state index contributed by atoms with van der Waals surface area (Å²) < 4.78 is 5.51. The Hall–Kier alpha value is -3.40. The molecular formula is C34H51N5O5. The Bertz CT molecular complexity index is 1220. The lowest BCUT2D eigenvalue weighted by Crippen LogP contribution is -2.52. The van der Waals surface area contributed by atoms with Gasteiger partial charge in [-0.3, -0.25) is 29.5 Å². The van der Waals surface area contributed by atoms with E-state index in [4.69, 9.17) is 4.74 Å². The molecule has 10 nitrogen and oxygen atoms in total. The van der Waals surface area contributed by atoms with Crippen molar-refractivity contribution >= 4 is 35.2 Å². The second kappa shape index (κ2) is 14.6. The molecule has 4 amide bonds. The molecule has 1 aromatic rings. The van der Waals surface area contributed by atoms with Crippen LogP contribution in [0.15, 0.2) is 24.8 Å². The van der Waals surface area contributed by atoms with Crippen LogP contribution in [0.5, 0.6) is 0 Å². The van der Waals surface area contributed by atoms with Gasteiger partial charge in [0.25, 0.3) is 5.91 Å². The molecule has 1 aromatic carbocycles. The predicted molar refractivity (Wildman–Crippen MR) is 172 cm³/mol. The third-order valence-electron chi connectivity index (χ3n) is 8.67. The first-order valence-corrected chi connectivity index (χ1v) is 16.4. The molecule has 5 rings (SSSR count). The first kappa shape index (κ1) is 33.5. The molecule has 3 saturated heterocycles. The van der Waals surface area contributed by atoms with Gasteiger partial charge in [-0.25, -0.2) is 4.79 Å². The number of benzene rings is 1. The lowest BCUT2D eigenvalue weighted by molar-refractivity contribution is -0.136. The first-order chi connectivity index (χ1) is 20.9. The lowest BCUT2D eigenvalue weighted by Gasteiger charge is -2.37. The van der Waals surface area contributed by atoms with Crippen LogP contribution in [0, 0.1) is 5.92 Å². The van der Waals surface area contributed by atoms with Crippen LogP contribution in [0.4, 0.5) is 10.5 Å². The van der Waals surface area contributed by atoms with Crippen molar-refractivity contribution in [2.24, 2.45) is 5.92 Å². The highest BCUT2D eigenvalue weighted by molar-refractivity contribution is 6.13. The van der Waals surface area contributed by atoms with E-state index >= 15 is 0 Å². The maximum atomic E-state index is 13.3. The van der Waals surface area contributed by atoms with E-state index in [1.807, 2.05) is 43.9 Å². The zero-order chi connectivity index (χ0) is 32.0. The second-order valence-corrected chi connectivity index (χ2v) is 13.4. The smallest absolute Gasteiger partial charge is 0.410 e. The summed E-state index contributed by atoms with van der Waals surface area (Å²) >= 11 is 0. The number of imide groups is 1. The largest absolute Gasteiger partial charge is 0.444 e. The molecule has 0 saturated carbocycles. The highest BCUT2D eigenvalue weighted by Gasteiger charge is 2.41. The number of ether oxygens (including phenoxy) is 1. The van der Waals surface area contributed by atoms with E-state index in [0.29, 0.717) is 23.6 Å². The highest BCUT2D eigenvalue weighted by Crippen LogP contribution is 2.37. The van der Waals surface area contributed by atoms with E-state index in [0.717, 1.165) is 76.3 Å². The quantitative estimate of drug-likeness (QED) is 0.459. The van der Waals surface area contributed by atoms with Crippen LogP contribution in [0.1, 0.15) is 95.5 Å². The topological polar surface area (TPSA) is 102 Å². The van der Waals surface area contributed by atoms with Gasteiger partial charge < -0.3 is 14.5 Å². The number of nitrogens with one attached hydrogen (secondary N) is 1. The van der Waals surface area contributed by atoms with Crippen molar-refractivity contribution in [2.45, 2.75) is 91.2 Å². The van der Waals surface area contributed by atoms with E-state index < -0.39 is 17.6 Å². The van der Waals surface area contributed by atoms with Gasteiger partial charge in [-0.05, 0) is 77.5 Å². The molecule has 1 N–H and O–H groups in total. The summed E-state index contributed by atoms with van der Waals surface area (Å²) in [5.41, 5.74) is 2.39. The summed E-state index contributed by atoms with van der Waals surface area (Å²) in [7, 11) is 0. The number of amides is 4. The van der Waals surface area contributed by atoms with E-state index in [1.165, 1.54) is 17.7 Å². The third-order valence-corrected chi connectivity index (χ3v) is 8.67. The molecule has 0 radical (unpaired) electrons. The Morgan fingerprint density at radius 1 is 0.977 bits per heavy atom. The third kappa shape index (κ3) is 8.20. The van der Waals surface area contributed by atoms with Crippen LogP contribution in [0.3, 0.4) is 0 Å². The van der Waals surface area contributed by atoms with Crippen molar-refractivity contribution < 1.29 is 23.9 Å². The van der Waals surface area contributed by atoms with Crippen LogP contribution >= 0.6 is 0 Å². The number of hydrogen-bond acceptors (Lipinski definition) is 7. The van der Waals surface area contributed by atoms with Gasteiger partial charge in [0.2, 0.25) is 11.8 Å². The molecule has 1 unspecified atom stereocenters. The zero-order valence-corrected chi connectivity index (χ0v) is 27.3. The van der Waals surface area contributed by atoms with Gasteiger partial charge in [0.05, 0.1) is 5.56 Å². The monoisotopic (exact) mass is 609 g/mol. The fourth-order valence-electron chi connectivity index (χ4n) is 6.36. The summed E-state index contributed by atoms with van der Waals surface area (Å²) in [5, 5.41) is 2.34. The maximum Gasteiger partial charge on any atom is 0.410 e. The van der Waals surface area contributed by atoms with Crippen LogP contribution in [0.2, 0.25) is 0 Å². The fraction of sp³-hybridized carbons (Fsp3) is 0.647. The molecule has 3 fully saturated rings. The minimum Gasteiger partial charge on any atom is -0.444 e. The molecule has 0 aromatic heterocycles. The highest BCUT2D eigenvalue weighted by atomic mass is 16.6. The van der Waals surface area contributed by atoms with E-state index in [-0.39, 0.29) is 24.3 Å². The van der Waals surface area contributed by atoms with Gasteiger partial charge in [-0.15, -0.1) is 0 Å². The normalized spacial score (nSPS) is 21.6. The summed E-state index contributed by atoms with van der Waals surface area (Å²) in [5.74, 6) is -0.306. The van der Waals surface area contributed by atoms with Crippen molar-refractivity contribution in [1.29, 1.82) is 0 Å². The molecule has 4 aliphatic rings. The number of likely N-dealkylation sites (tertiary alicyclic amines) is 1. The average molecular weight is 610 g/mol. The minimum atomic E-state index is -0.704. The Morgan fingerprint density at radius 3 is 2.25 bits per heavy atom. The number of anilines is 1. The van der Waals surface area contributed by atoms with Crippen LogP contribution < -0.4 is 10.2 Å². The predicted octanol–water partition coefficient (Wildman–Crippen LogP) is 4.88. The zero-order valence-electron chi connectivity index (χ0n) is 27.3. The number of piperidine rings is 2. The number of fused-ring (bicyclic) bond motifs is 1. The number of carbonyl (C=O) groups is 4. The summed E-state index contributed by atoms with van der Waals surface area (Å²) in [6.45, 7) is 20.4. The Balaban J connectivity index is 0.00000141. The van der Waals surface area contributed by atoms with Crippen molar-refractivity contribution in [2.75, 3.05) is 50.7 Å². The molecule has 4 heterocycles. The summed E-state index contributed by atoms with van der Waals surface area (Å²) in [6.07, 6.45) is 6.00. The van der Waals surface area contributed by atoms with Crippen molar-refractivity contribution in [1.82, 2.24) is 20.0 Å². The number of rotatable bonds is 6. The minimum absolute atomic E-state index is 0.196. The lowest BCUT2D eigenvalue weighted by atomic mass is 9.92. The second-order valence-electron chi connectivity index (χ2n) is 13.4. The Morgan fingerprint density at radius 2 is 1.64 bits per heavy atom. The molecule has 242 valence electrons. The Labute approximate surface area is 262 Å². The Kier molecular flexibility index (Phi) is 11.1.